The number of aromatic hydroxyl groups is 2. The second kappa shape index (κ2) is 4.65. The maximum atomic E-state index is 12.8. The van der Waals surface area contributed by atoms with E-state index in [9.17, 15) is 15.0 Å². The van der Waals surface area contributed by atoms with Gasteiger partial charge in [0.15, 0.2) is 17.3 Å². The third kappa shape index (κ3) is 1.71. The van der Waals surface area contributed by atoms with E-state index in [-0.39, 0.29) is 28.9 Å². The summed E-state index contributed by atoms with van der Waals surface area (Å²) >= 11 is 0. The van der Waals surface area contributed by atoms with Crippen LogP contribution >= 0.6 is 0 Å². The fourth-order valence-corrected chi connectivity index (χ4v) is 4.51. The average Bonchev–Trinajstić information content (AvgIpc) is 2.92. The molecule has 1 aliphatic heterocycles. The van der Waals surface area contributed by atoms with E-state index in [4.69, 9.17) is 4.74 Å². The summed E-state index contributed by atoms with van der Waals surface area (Å²) in [5, 5.41) is 21.7. The summed E-state index contributed by atoms with van der Waals surface area (Å²) in [5.74, 6) is 0.114. The highest BCUT2D eigenvalue weighted by molar-refractivity contribution is 6.12. The Morgan fingerprint density at radius 3 is 2.67 bits per heavy atom. The van der Waals surface area contributed by atoms with Gasteiger partial charge in [0.05, 0.1) is 5.56 Å². The van der Waals surface area contributed by atoms with Crippen molar-refractivity contribution >= 4 is 5.78 Å². The van der Waals surface area contributed by atoms with Crippen molar-refractivity contribution in [2.75, 3.05) is 0 Å². The second-order valence-corrected chi connectivity index (χ2v) is 7.55. The molecule has 126 valence electrons. The topological polar surface area (TPSA) is 66.8 Å². The van der Waals surface area contributed by atoms with Crippen LogP contribution in [0.1, 0.15) is 62.0 Å². The van der Waals surface area contributed by atoms with Crippen LogP contribution in [0.15, 0.2) is 22.8 Å². The Bertz CT molecular complexity index is 859. The number of allylic oxidation sites excluding steroid dienone is 4. The minimum absolute atomic E-state index is 0.0207. The third-order valence-corrected chi connectivity index (χ3v) is 6.02. The van der Waals surface area contributed by atoms with Crippen molar-refractivity contribution < 1.29 is 19.7 Å². The number of hydrogen-bond donors (Lipinski definition) is 2. The highest BCUT2D eigenvalue weighted by Crippen LogP contribution is 2.58. The first kappa shape index (κ1) is 15.3. The first-order valence-corrected chi connectivity index (χ1v) is 8.46. The monoisotopic (exact) mass is 326 g/mol. The minimum Gasteiger partial charge on any atom is -0.507 e. The lowest BCUT2D eigenvalue weighted by molar-refractivity contribution is 0.103. The Balaban J connectivity index is 2.06. The molecule has 3 aliphatic rings. The molecule has 0 fully saturated rings. The number of fused-ring (bicyclic) bond motifs is 4. The zero-order valence-electron chi connectivity index (χ0n) is 14.5. The van der Waals surface area contributed by atoms with Gasteiger partial charge in [0.25, 0.3) is 0 Å². The van der Waals surface area contributed by atoms with Crippen molar-refractivity contribution in [3.05, 3.63) is 39.5 Å². The second-order valence-electron chi connectivity index (χ2n) is 7.55. The summed E-state index contributed by atoms with van der Waals surface area (Å²) in [5.41, 5.74) is 4.17. The van der Waals surface area contributed by atoms with Crippen LogP contribution in [0.4, 0.5) is 0 Å². The zero-order valence-corrected chi connectivity index (χ0v) is 14.5. The number of phenolic OH excluding ortho intramolecular Hbond substituents is 2. The van der Waals surface area contributed by atoms with E-state index >= 15 is 0 Å². The van der Waals surface area contributed by atoms with Crippen LogP contribution < -0.4 is 4.74 Å². The van der Waals surface area contributed by atoms with Crippen molar-refractivity contribution in [2.45, 2.75) is 58.5 Å². The number of carbonyl (C=O) groups is 1. The summed E-state index contributed by atoms with van der Waals surface area (Å²) in [6.07, 6.45) is 3.73. The van der Waals surface area contributed by atoms with Crippen LogP contribution in [0.5, 0.6) is 17.2 Å². The normalized spacial score (nSPS) is 28.1. The van der Waals surface area contributed by atoms with Gasteiger partial charge < -0.3 is 14.9 Å². The maximum absolute atomic E-state index is 12.8. The van der Waals surface area contributed by atoms with Gasteiger partial charge in [-0.15, -0.1) is 0 Å². The number of ether oxygens (including phenoxy) is 1. The predicted octanol–water partition coefficient (Wildman–Crippen LogP) is 3.93. The van der Waals surface area contributed by atoms with Gasteiger partial charge in [0, 0.05) is 23.0 Å². The molecule has 2 atom stereocenters. The molecule has 0 saturated heterocycles. The third-order valence-electron chi connectivity index (χ3n) is 6.02. The van der Waals surface area contributed by atoms with Crippen LogP contribution in [-0.4, -0.2) is 22.1 Å². The first-order valence-electron chi connectivity index (χ1n) is 8.46. The highest BCUT2D eigenvalue weighted by atomic mass is 16.5. The van der Waals surface area contributed by atoms with Crippen LogP contribution in [0, 0.1) is 0 Å². The van der Waals surface area contributed by atoms with Gasteiger partial charge in [-0.1, -0.05) is 12.5 Å². The van der Waals surface area contributed by atoms with Crippen molar-refractivity contribution in [3.8, 4) is 17.2 Å². The number of rotatable bonds is 0. The number of benzene rings is 1. The standard InChI is InChI=1S/C20H22O4/c1-9-5-6-20(4)13(11(9)3)8-14(21)15-16(20)18(23)19-12(17(15)22)7-10(2)24-19/h8,10,22-23H,5-7H2,1-4H3/t10?,20-/m0/s1. The lowest BCUT2D eigenvalue weighted by Gasteiger charge is -2.42. The van der Waals surface area contributed by atoms with Gasteiger partial charge in [-0.05, 0) is 50.8 Å². The molecule has 24 heavy (non-hydrogen) atoms. The zero-order chi connectivity index (χ0) is 17.4. The van der Waals surface area contributed by atoms with Gasteiger partial charge in [0.2, 0.25) is 0 Å². The van der Waals surface area contributed by atoms with E-state index in [1.54, 1.807) is 6.08 Å². The lowest BCUT2D eigenvalue weighted by atomic mass is 9.61. The lowest BCUT2D eigenvalue weighted by Crippen LogP contribution is -2.34. The number of phenols is 2. The van der Waals surface area contributed by atoms with Crippen LogP contribution in [0.3, 0.4) is 0 Å². The van der Waals surface area contributed by atoms with E-state index in [0.717, 1.165) is 24.0 Å². The Morgan fingerprint density at radius 1 is 1.25 bits per heavy atom. The molecule has 0 saturated carbocycles. The molecule has 0 radical (unpaired) electrons. The molecule has 0 amide bonds. The van der Waals surface area contributed by atoms with Crippen molar-refractivity contribution in [1.29, 1.82) is 0 Å². The molecule has 4 heteroatoms. The molecule has 0 bridgehead atoms. The summed E-state index contributed by atoms with van der Waals surface area (Å²) in [4.78, 5) is 12.8. The van der Waals surface area contributed by atoms with Crippen molar-refractivity contribution in [3.63, 3.8) is 0 Å². The summed E-state index contributed by atoms with van der Waals surface area (Å²) in [6, 6.07) is 0. The van der Waals surface area contributed by atoms with Crippen molar-refractivity contribution in [2.24, 2.45) is 0 Å². The summed E-state index contributed by atoms with van der Waals surface area (Å²) < 4.78 is 5.74. The molecule has 4 rings (SSSR count). The quantitative estimate of drug-likeness (QED) is 0.709. The summed E-state index contributed by atoms with van der Waals surface area (Å²) in [6.45, 7) is 8.05. The van der Waals surface area contributed by atoms with Gasteiger partial charge in [-0.25, -0.2) is 0 Å². The van der Waals surface area contributed by atoms with Gasteiger partial charge >= 0.3 is 0 Å². The molecular formula is C20H22O4. The SMILES string of the molecule is CC1=C(C)C2=CC(=O)c3c(O)c4c(c(O)c3[C@@]2(C)CC1)OC(C)C4. The van der Waals surface area contributed by atoms with Crippen LogP contribution in [0.2, 0.25) is 0 Å². The van der Waals surface area contributed by atoms with Gasteiger partial charge in [0.1, 0.15) is 11.9 Å². The van der Waals surface area contributed by atoms with Gasteiger partial charge in [-0.2, -0.15) is 0 Å². The fraction of sp³-hybridized carbons (Fsp3) is 0.450. The minimum atomic E-state index is -0.487. The van der Waals surface area contributed by atoms with E-state index in [0.29, 0.717) is 23.3 Å². The highest BCUT2D eigenvalue weighted by Gasteiger charge is 2.46. The molecule has 4 nitrogen and oxygen atoms in total. The maximum Gasteiger partial charge on any atom is 0.190 e. The van der Waals surface area contributed by atoms with E-state index < -0.39 is 5.41 Å². The number of ketones is 1. The van der Waals surface area contributed by atoms with Gasteiger partial charge in [-0.3, -0.25) is 4.79 Å². The van der Waals surface area contributed by atoms with E-state index in [1.807, 2.05) is 20.8 Å². The Morgan fingerprint density at radius 2 is 1.96 bits per heavy atom. The Hall–Kier alpha value is -2.23. The molecule has 0 aromatic heterocycles. The Kier molecular flexibility index (Phi) is 2.97. The molecular weight excluding hydrogens is 304 g/mol. The predicted molar refractivity (Wildman–Crippen MR) is 90.9 cm³/mol. The average molecular weight is 326 g/mol. The molecule has 1 heterocycles. The van der Waals surface area contributed by atoms with Crippen LogP contribution in [0.25, 0.3) is 0 Å². The van der Waals surface area contributed by atoms with E-state index in [1.165, 1.54) is 5.57 Å². The molecule has 1 unspecified atom stereocenters. The smallest absolute Gasteiger partial charge is 0.190 e. The fourth-order valence-electron chi connectivity index (χ4n) is 4.51. The van der Waals surface area contributed by atoms with Crippen LogP contribution in [-0.2, 0) is 11.8 Å². The molecule has 2 aliphatic carbocycles. The molecule has 0 spiro atoms. The molecule has 2 N–H and O–H groups in total. The number of hydrogen-bond acceptors (Lipinski definition) is 4. The van der Waals surface area contributed by atoms with E-state index in [2.05, 4.69) is 6.92 Å². The molecule has 1 aromatic rings. The first-order chi connectivity index (χ1) is 11.3. The number of carbonyl (C=O) groups excluding carboxylic acids is 1. The Labute approximate surface area is 141 Å². The molecule has 1 aromatic carbocycles. The largest absolute Gasteiger partial charge is 0.507 e. The van der Waals surface area contributed by atoms with Crippen molar-refractivity contribution in [1.82, 2.24) is 0 Å². The summed E-state index contributed by atoms with van der Waals surface area (Å²) in [7, 11) is 0.